The molecule has 0 saturated carbocycles. The van der Waals surface area contributed by atoms with Crippen LogP contribution in [0.5, 0.6) is 5.88 Å². The van der Waals surface area contributed by atoms with E-state index in [2.05, 4.69) is 39.1 Å². The normalized spacial score (nSPS) is 22.3. The smallest absolute Gasteiger partial charge is 0.246 e. The van der Waals surface area contributed by atoms with Crippen molar-refractivity contribution in [2.75, 3.05) is 32.2 Å². The van der Waals surface area contributed by atoms with Crippen LogP contribution in [0.2, 0.25) is 0 Å². The summed E-state index contributed by atoms with van der Waals surface area (Å²) >= 11 is 0. The highest BCUT2D eigenvalue weighted by Gasteiger charge is 2.38. The minimum Gasteiger partial charge on any atom is -0.479 e. The van der Waals surface area contributed by atoms with Crippen molar-refractivity contribution in [3.05, 3.63) is 6.33 Å². The quantitative estimate of drug-likeness (QED) is 0.222. The van der Waals surface area contributed by atoms with E-state index in [0.717, 1.165) is 25.8 Å². The summed E-state index contributed by atoms with van der Waals surface area (Å²) in [7, 11) is 0.510. The van der Waals surface area contributed by atoms with Crippen molar-refractivity contribution >= 4 is 31.9 Å². The van der Waals surface area contributed by atoms with Gasteiger partial charge in [-0.3, -0.25) is 9.56 Å². The van der Waals surface area contributed by atoms with Crippen molar-refractivity contribution in [3.8, 4) is 5.88 Å². The third-order valence-corrected chi connectivity index (χ3v) is 5.98. The SMILES string of the molecule is CCCCNc1nc(OC)c2ncn(C3C[C@@H](OP(C)OC=NCC)C(CC)O3)c2n1. The summed E-state index contributed by atoms with van der Waals surface area (Å²) in [6.07, 6.45) is 6.49. The van der Waals surface area contributed by atoms with Gasteiger partial charge in [-0.05, 0) is 19.8 Å². The predicted octanol–water partition coefficient (Wildman–Crippen LogP) is 4.14. The molecule has 1 saturated heterocycles. The van der Waals surface area contributed by atoms with Crippen molar-refractivity contribution in [3.63, 3.8) is 0 Å². The van der Waals surface area contributed by atoms with Gasteiger partial charge in [0.25, 0.3) is 0 Å². The third-order valence-electron chi connectivity index (χ3n) is 5.03. The van der Waals surface area contributed by atoms with Crippen LogP contribution in [0.3, 0.4) is 0 Å². The summed E-state index contributed by atoms with van der Waals surface area (Å²) in [5.41, 5.74) is 1.29. The fraction of sp³-hybridized carbons (Fsp3) is 0.700. The first-order valence-corrected chi connectivity index (χ1v) is 12.5. The van der Waals surface area contributed by atoms with Gasteiger partial charge in [0, 0.05) is 26.2 Å². The van der Waals surface area contributed by atoms with Gasteiger partial charge in [-0.2, -0.15) is 9.97 Å². The first kappa shape index (κ1) is 23.6. The van der Waals surface area contributed by atoms with Crippen molar-refractivity contribution in [2.24, 2.45) is 4.99 Å². The van der Waals surface area contributed by atoms with E-state index in [1.807, 2.05) is 18.2 Å². The molecule has 11 heteroatoms. The second kappa shape index (κ2) is 11.5. The number of hydrogen-bond donors (Lipinski definition) is 1. The summed E-state index contributed by atoms with van der Waals surface area (Å²) in [6, 6.07) is 0. The van der Waals surface area contributed by atoms with Crippen LogP contribution in [0.25, 0.3) is 11.2 Å². The standard InChI is InChI=1S/C20H33N6O4P/c1-6-9-10-22-20-24-18-17(19(25-20)27-4)23-12-26(18)16-11-15(14(7-2)29-16)30-31(5)28-13-21-8-3/h12-16H,6-11H2,1-5H3,(H,22,24,25)/t14?,15-,16?,31?/m1/s1. The van der Waals surface area contributed by atoms with Crippen LogP contribution < -0.4 is 10.1 Å². The van der Waals surface area contributed by atoms with Crippen LogP contribution in [0.15, 0.2) is 11.3 Å². The highest BCUT2D eigenvalue weighted by atomic mass is 31.2. The predicted molar refractivity (Wildman–Crippen MR) is 122 cm³/mol. The minimum absolute atomic E-state index is 0.0370. The molecule has 3 rings (SSSR count). The molecule has 0 aromatic carbocycles. The molecule has 0 aliphatic carbocycles. The second-order valence-electron chi connectivity index (χ2n) is 7.23. The van der Waals surface area contributed by atoms with E-state index >= 15 is 0 Å². The maximum Gasteiger partial charge on any atom is 0.246 e. The van der Waals surface area contributed by atoms with E-state index in [-0.39, 0.29) is 18.4 Å². The molecule has 3 unspecified atom stereocenters. The molecule has 172 valence electrons. The molecule has 1 aliphatic heterocycles. The van der Waals surface area contributed by atoms with Gasteiger partial charge < -0.3 is 23.8 Å². The van der Waals surface area contributed by atoms with E-state index < -0.39 is 8.38 Å². The molecule has 10 nitrogen and oxygen atoms in total. The minimum atomic E-state index is -1.08. The number of anilines is 1. The van der Waals surface area contributed by atoms with E-state index in [9.17, 15) is 0 Å². The Kier molecular flexibility index (Phi) is 8.80. The number of fused-ring (bicyclic) bond motifs is 1. The molecule has 2 aromatic heterocycles. The molecule has 0 spiro atoms. The molecule has 4 atom stereocenters. The van der Waals surface area contributed by atoms with Gasteiger partial charge in [-0.15, -0.1) is 0 Å². The molecule has 31 heavy (non-hydrogen) atoms. The Morgan fingerprint density at radius 2 is 2.19 bits per heavy atom. The van der Waals surface area contributed by atoms with Gasteiger partial charge in [0.15, 0.2) is 17.6 Å². The lowest BCUT2D eigenvalue weighted by atomic mass is 10.1. The number of aromatic nitrogens is 4. The zero-order valence-electron chi connectivity index (χ0n) is 18.9. The van der Waals surface area contributed by atoms with Crippen LogP contribution in [-0.4, -0.2) is 65.0 Å². The fourth-order valence-electron chi connectivity index (χ4n) is 3.43. The Hall–Kier alpha value is -2.03. The Balaban J connectivity index is 1.79. The van der Waals surface area contributed by atoms with Crippen molar-refractivity contribution < 1.29 is 18.5 Å². The van der Waals surface area contributed by atoms with Gasteiger partial charge in [0.05, 0.1) is 25.6 Å². The monoisotopic (exact) mass is 452 g/mol. The summed E-state index contributed by atoms with van der Waals surface area (Å²) in [5.74, 6) is 0.972. The number of ether oxygens (including phenoxy) is 2. The van der Waals surface area contributed by atoms with Gasteiger partial charge in [0.1, 0.15) is 6.23 Å². The molecular weight excluding hydrogens is 419 g/mol. The lowest BCUT2D eigenvalue weighted by molar-refractivity contribution is -0.0138. The van der Waals surface area contributed by atoms with Gasteiger partial charge in [-0.1, -0.05) is 20.3 Å². The maximum absolute atomic E-state index is 6.31. The lowest BCUT2D eigenvalue weighted by Crippen LogP contribution is -2.21. The van der Waals surface area contributed by atoms with E-state index in [1.165, 1.54) is 6.40 Å². The first-order valence-electron chi connectivity index (χ1n) is 10.8. The summed E-state index contributed by atoms with van der Waals surface area (Å²) in [5, 5.41) is 3.26. The van der Waals surface area contributed by atoms with Gasteiger partial charge in [-0.25, -0.2) is 4.98 Å². The Morgan fingerprint density at radius 3 is 2.90 bits per heavy atom. The van der Waals surface area contributed by atoms with E-state index in [0.29, 0.717) is 36.0 Å². The molecular formula is C20H33N6O4P. The first-order chi connectivity index (χ1) is 15.1. The van der Waals surface area contributed by atoms with Crippen molar-refractivity contribution in [1.82, 2.24) is 19.5 Å². The van der Waals surface area contributed by atoms with Crippen LogP contribution in [-0.2, 0) is 13.8 Å². The van der Waals surface area contributed by atoms with Crippen LogP contribution >= 0.6 is 8.38 Å². The molecule has 1 N–H and O–H groups in total. The van der Waals surface area contributed by atoms with Crippen LogP contribution in [0.4, 0.5) is 5.95 Å². The van der Waals surface area contributed by atoms with E-state index in [4.69, 9.17) is 18.5 Å². The molecule has 2 aromatic rings. The second-order valence-corrected chi connectivity index (χ2v) is 8.53. The molecule has 0 amide bonds. The van der Waals surface area contributed by atoms with Gasteiger partial charge in [0.2, 0.25) is 20.2 Å². The van der Waals surface area contributed by atoms with Crippen molar-refractivity contribution in [2.45, 2.75) is 64.9 Å². The third kappa shape index (κ3) is 5.81. The molecule has 1 fully saturated rings. The van der Waals surface area contributed by atoms with Crippen LogP contribution in [0, 0.1) is 0 Å². The average Bonchev–Trinajstić information content (AvgIpc) is 3.37. The number of rotatable bonds is 12. The van der Waals surface area contributed by atoms with Crippen molar-refractivity contribution in [1.29, 1.82) is 0 Å². The molecule has 0 radical (unpaired) electrons. The number of aliphatic imine (C=N–C) groups is 1. The molecule has 1 aliphatic rings. The summed E-state index contributed by atoms with van der Waals surface area (Å²) in [6.45, 7) is 9.60. The maximum atomic E-state index is 6.31. The fourth-order valence-corrected chi connectivity index (χ4v) is 4.29. The summed E-state index contributed by atoms with van der Waals surface area (Å²) in [4.78, 5) is 17.7. The number of methoxy groups -OCH3 is 1. The number of hydrogen-bond acceptors (Lipinski definition) is 9. The highest BCUT2D eigenvalue weighted by molar-refractivity contribution is 7.46. The topological polar surface area (TPSA) is 105 Å². The highest BCUT2D eigenvalue weighted by Crippen LogP contribution is 2.42. The lowest BCUT2D eigenvalue weighted by Gasteiger charge is -2.19. The average molecular weight is 452 g/mol. The summed E-state index contributed by atoms with van der Waals surface area (Å²) < 4.78 is 25.4. The zero-order chi connectivity index (χ0) is 22.2. The number of imidazole rings is 1. The Morgan fingerprint density at radius 1 is 1.35 bits per heavy atom. The number of nitrogens with zero attached hydrogens (tertiary/aromatic N) is 5. The van der Waals surface area contributed by atoms with Gasteiger partial charge >= 0.3 is 0 Å². The molecule has 3 heterocycles. The largest absolute Gasteiger partial charge is 0.479 e. The zero-order valence-corrected chi connectivity index (χ0v) is 19.8. The number of unbranched alkanes of at least 4 members (excludes halogenated alkanes) is 1. The molecule has 0 bridgehead atoms. The van der Waals surface area contributed by atoms with E-state index in [1.54, 1.807) is 13.4 Å². The Labute approximate surface area is 184 Å². The number of nitrogens with one attached hydrogen (secondary N) is 1. The Bertz CT molecular complexity index is 864. The van der Waals surface area contributed by atoms with Crippen LogP contribution in [0.1, 0.15) is 52.7 Å².